The third-order valence-electron chi connectivity index (χ3n) is 4.78. The van der Waals surface area contributed by atoms with Gasteiger partial charge in [0.15, 0.2) is 4.96 Å². The predicted octanol–water partition coefficient (Wildman–Crippen LogP) is 3.31. The first-order valence-electron chi connectivity index (χ1n) is 9.01. The maximum absolute atomic E-state index is 12.9. The van der Waals surface area contributed by atoms with E-state index in [1.54, 1.807) is 11.5 Å². The van der Waals surface area contributed by atoms with Crippen LogP contribution in [0.1, 0.15) is 19.4 Å². The van der Waals surface area contributed by atoms with Gasteiger partial charge in [-0.25, -0.2) is 9.38 Å². The molecule has 0 aliphatic rings. The number of fused-ring (bicyclic) bond motifs is 3. The molecule has 0 spiro atoms. The van der Waals surface area contributed by atoms with Gasteiger partial charge in [-0.3, -0.25) is 4.79 Å². The topological polar surface area (TPSA) is 46.8 Å². The summed E-state index contributed by atoms with van der Waals surface area (Å²) in [6.45, 7) is 6.13. The first-order chi connectivity index (χ1) is 13.2. The molecule has 0 atom stereocenters. The molecule has 2 aromatic carbocycles. The first-order valence-corrected chi connectivity index (χ1v) is 9.82. The van der Waals surface area contributed by atoms with Crippen molar-refractivity contribution >= 4 is 39.1 Å². The number of thiazole rings is 1. The van der Waals surface area contributed by atoms with E-state index in [0.717, 1.165) is 41.1 Å². The van der Waals surface area contributed by atoms with Gasteiger partial charge < -0.3 is 9.64 Å². The van der Waals surface area contributed by atoms with Crippen LogP contribution in [0.15, 0.2) is 47.3 Å². The SMILES string of the molecule is CCN(CC)c1ccc(/C=c2/sc3nc4ccccc4n3c2=O)c(OC)c1. The van der Waals surface area contributed by atoms with Gasteiger partial charge in [0.05, 0.1) is 22.7 Å². The van der Waals surface area contributed by atoms with Crippen LogP contribution >= 0.6 is 11.3 Å². The van der Waals surface area contributed by atoms with Crippen LogP contribution in [-0.4, -0.2) is 29.6 Å². The third kappa shape index (κ3) is 2.96. The van der Waals surface area contributed by atoms with Crippen molar-refractivity contribution < 1.29 is 4.74 Å². The van der Waals surface area contributed by atoms with E-state index < -0.39 is 0 Å². The molecule has 2 heterocycles. The average Bonchev–Trinajstić information content (AvgIpc) is 3.20. The highest BCUT2D eigenvalue weighted by Crippen LogP contribution is 2.26. The van der Waals surface area contributed by atoms with Crippen molar-refractivity contribution in [3.8, 4) is 5.75 Å². The molecular weight excluding hydrogens is 358 g/mol. The van der Waals surface area contributed by atoms with Gasteiger partial charge in [-0.15, -0.1) is 0 Å². The maximum atomic E-state index is 12.9. The molecule has 0 aliphatic heterocycles. The van der Waals surface area contributed by atoms with Crippen LogP contribution in [0.25, 0.3) is 22.1 Å². The molecule has 6 heteroatoms. The molecule has 0 bridgehead atoms. The van der Waals surface area contributed by atoms with E-state index in [2.05, 4.69) is 29.8 Å². The van der Waals surface area contributed by atoms with E-state index in [9.17, 15) is 4.79 Å². The molecule has 0 saturated heterocycles. The fourth-order valence-electron chi connectivity index (χ4n) is 3.36. The number of hydrogen-bond donors (Lipinski definition) is 0. The van der Waals surface area contributed by atoms with Crippen molar-refractivity contribution in [2.24, 2.45) is 0 Å². The first kappa shape index (κ1) is 17.5. The lowest BCUT2D eigenvalue weighted by molar-refractivity contribution is 0.414. The van der Waals surface area contributed by atoms with Crippen molar-refractivity contribution in [2.45, 2.75) is 13.8 Å². The lowest BCUT2D eigenvalue weighted by atomic mass is 10.1. The van der Waals surface area contributed by atoms with E-state index in [1.807, 2.05) is 42.5 Å². The van der Waals surface area contributed by atoms with Crippen LogP contribution in [-0.2, 0) is 0 Å². The van der Waals surface area contributed by atoms with Gasteiger partial charge in [-0.05, 0) is 44.2 Å². The highest BCUT2D eigenvalue weighted by molar-refractivity contribution is 7.15. The fourth-order valence-corrected chi connectivity index (χ4v) is 4.34. The van der Waals surface area contributed by atoms with Crippen LogP contribution in [0.2, 0.25) is 0 Å². The van der Waals surface area contributed by atoms with Crippen molar-refractivity contribution in [3.05, 3.63) is 62.9 Å². The lowest BCUT2D eigenvalue weighted by Gasteiger charge is -2.22. The molecule has 4 rings (SSSR count). The summed E-state index contributed by atoms with van der Waals surface area (Å²) in [4.78, 5) is 20.5. The molecule has 2 aromatic heterocycles. The number of methoxy groups -OCH3 is 1. The molecule has 138 valence electrons. The zero-order valence-electron chi connectivity index (χ0n) is 15.6. The van der Waals surface area contributed by atoms with Crippen LogP contribution in [0.3, 0.4) is 0 Å². The predicted molar refractivity (Wildman–Crippen MR) is 112 cm³/mol. The molecular formula is C21H21N3O2S. The summed E-state index contributed by atoms with van der Waals surface area (Å²) in [5, 5.41) is 0. The molecule has 0 radical (unpaired) electrons. The zero-order chi connectivity index (χ0) is 19.0. The van der Waals surface area contributed by atoms with Crippen molar-refractivity contribution in [1.82, 2.24) is 9.38 Å². The van der Waals surface area contributed by atoms with Gasteiger partial charge in [0.2, 0.25) is 0 Å². The number of imidazole rings is 1. The lowest BCUT2D eigenvalue weighted by Crippen LogP contribution is -2.23. The van der Waals surface area contributed by atoms with E-state index in [0.29, 0.717) is 9.49 Å². The summed E-state index contributed by atoms with van der Waals surface area (Å²) >= 11 is 1.40. The van der Waals surface area contributed by atoms with Crippen molar-refractivity contribution in [1.29, 1.82) is 0 Å². The van der Waals surface area contributed by atoms with Gasteiger partial charge >= 0.3 is 0 Å². The summed E-state index contributed by atoms with van der Waals surface area (Å²) in [6.07, 6.45) is 1.89. The summed E-state index contributed by atoms with van der Waals surface area (Å²) < 4.78 is 7.92. The Morgan fingerprint density at radius 1 is 1.19 bits per heavy atom. The maximum Gasteiger partial charge on any atom is 0.274 e. The number of aromatic nitrogens is 2. The molecule has 0 unspecified atom stereocenters. The Bertz CT molecular complexity index is 1220. The van der Waals surface area contributed by atoms with Crippen LogP contribution in [0, 0.1) is 0 Å². The fraction of sp³-hybridized carbons (Fsp3) is 0.238. The normalized spacial score (nSPS) is 12.2. The second-order valence-electron chi connectivity index (χ2n) is 6.23. The van der Waals surface area contributed by atoms with Crippen LogP contribution in [0.5, 0.6) is 5.75 Å². The van der Waals surface area contributed by atoms with Gasteiger partial charge in [-0.2, -0.15) is 0 Å². The van der Waals surface area contributed by atoms with Crippen LogP contribution < -0.4 is 19.7 Å². The second-order valence-corrected chi connectivity index (χ2v) is 7.24. The van der Waals surface area contributed by atoms with E-state index in [1.165, 1.54) is 11.3 Å². The largest absolute Gasteiger partial charge is 0.496 e. The van der Waals surface area contributed by atoms with Gasteiger partial charge in [0, 0.05) is 30.4 Å². The summed E-state index contributed by atoms with van der Waals surface area (Å²) in [5.41, 5.74) is 3.65. The number of hydrogen-bond acceptors (Lipinski definition) is 5. The number of anilines is 1. The van der Waals surface area contributed by atoms with Gasteiger partial charge in [0.25, 0.3) is 5.56 Å². The molecule has 0 fully saturated rings. The third-order valence-corrected chi connectivity index (χ3v) is 5.75. The van der Waals surface area contributed by atoms with Gasteiger partial charge in [-0.1, -0.05) is 23.5 Å². The Labute approximate surface area is 161 Å². The van der Waals surface area contributed by atoms with E-state index in [-0.39, 0.29) is 5.56 Å². The van der Waals surface area contributed by atoms with E-state index in [4.69, 9.17) is 4.74 Å². The number of para-hydroxylation sites is 2. The number of rotatable bonds is 5. The summed E-state index contributed by atoms with van der Waals surface area (Å²) in [5.74, 6) is 0.759. The molecule has 4 aromatic rings. The molecule has 0 amide bonds. The Morgan fingerprint density at radius 3 is 2.70 bits per heavy atom. The molecule has 0 N–H and O–H groups in total. The second kappa shape index (κ2) is 7.04. The summed E-state index contributed by atoms with van der Waals surface area (Å²) in [6, 6.07) is 13.8. The molecule has 0 saturated carbocycles. The Morgan fingerprint density at radius 2 is 1.96 bits per heavy atom. The standard InChI is InChI=1S/C21H21N3O2S/c1-4-23(5-2)15-11-10-14(18(13-15)26-3)12-19-20(25)24-17-9-7-6-8-16(17)22-21(24)27-19/h6-13H,4-5H2,1-3H3/b19-12+. The monoisotopic (exact) mass is 379 g/mol. The average molecular weight is 379 g/mol. The van der Waals surface area contributed by atoms with Crippen molar-refractivity contribution in [2.75, 3.05) is 25.1 Å². The van der Waals surface area contributed by atoms with E-state index >= 15 is 0 Å². The Kier molecular flexibility index (Phi) is 4.58. The highest BCUT2D eigenvalue weighted by Gasteiger charge is 2.12. The zero-order valence-corrected chi connectivity index (χ0v) is 16.4. The van der Waals surface area contributed by atoms with Crippen molar-refractivity contribution in [3.63, 3.8) is 0 Å². The Balaban J connectivity index is 1.86. The summed E-state index contributed by atoms with van der Waals surface area (Å²) in [7, 11) is 1.66. The van der Waals surface area contributed by atoms with Gasteiger partial charge in [0.1, 0.15) is 5.75 Å². The highest BCUT2D eigenvalue weighted by atomic mass is 32.1. The number of nitrogens with zero attached hydrogens (tertiary/aromatic N) is 3. The molecule has 0 aliphatic carbocycles. The number of ether oxygens (including phenoxy) is 1. The quantitative estimate of drug-likeness (QED) is 0.534. The molecule has 5 nitrogen and oxygen atoms in total. The molecule has 27 heavy (non-hydrogen) atoms. The smallest absolute Gasteiger partial charge is 0.274 e. The minimum absolute atomic E-state index is 0.0430. The minimum Gasteiger partial charge on any atom is -0.496 e. The Hall–Kier alpha value is -2.86. The minimum atomic E-state index is -0.0430. The van der Waals surface area contributed by atoms with Crippen LogP contribution in [0.4, 0.5) is 5.69 Å². The number of benzene rings is 2.